The van der Waals surface area contributed by atoms with Gasteiger partial charge in [0.2, 0.25) is 10.0 Å². The van der Waals surface area contributed by atoms with E-state index in [0.29, 0.717) is 0 Å². The molecule has 0 atom stereocenters. The minimum atomic E-state index is -3.39. The average Bonchev–Trinajstić information content (AvgIpc) is 2.16. The van der Waals surface area contributed by atoms with Crippen molar-refractivity contribution in [1.82, 2.24) is 15.5 Å². The lowest BCUT2D eigenvalue weighted by atomic mass is 10.7. The van der Waals surface area contributed by atoms with E-state index in [1.165, 1.54) is 0 Å². The first kappa shape index (κ1) is 15.6. The van der Waals surface area contributed by atoms with E-state index in [9.17, 15) is 18.0 Å². The van der Waals surface area contributed by atoms with Crippen molar-refractivity contribution in [3.8, 4) is 0 Å². The number of carboxylic acid groups (broad SMARTS) is 1. The van der Waals surface area contributed by atoms with Gasteiger partial charge in [0.25, 0.3) is 0 Å². The molecule has 0 aliphatic heterocycles. The molecule has 0 saturated heterocycles. The van der Waals surface area contributed by atoms with Crippen LogP contribution < -0.4 is 15.5 Å². The lowest BCUT2D eigenvalue weighted by Crippen LogP contribution is -2.40. The second kappa shape index (κ2) is 7.81. The Kier molecular flexibility index (Phi) is 7.18. The van der Waals surface area contributed by atoms with Gasteiger partial charge in [0.05, 0.1) is 5.75 Å². The Balaban J connectivity index is 3.68. The first-order chi connectivity index (χ1) is 7.87. The molecule has 0 fully saturated rings. The highest BCUT2D eigenvalue weighted by molar-refractivity contribution is 7.89. The highest BCUT2D eigenvalue weighted by Crippen LogP contribution is 1.81. The summed E-state index contributed by atoms with van der Waals surface area (Å²) in [5.74, 6) is -1.51. The largest absolute Gasteiger partial charge is 0.479 e. The minimum Gasteiger partial charge on any atom is -0.479 e. The molecule has 0 rings (SSSR count). The molecule has 0 unspecified atom stereocenters. The van der Waals surface area contributed by atoms with Crippen LogP contribution in [0.4, 0.5) is 4.79 Å². The van der Waals surface area contributed by atoms with Crippen molar-refractivity contribution in [3.05, 3.63) is 0 Å². The molecule has 10 heteroatoms. The van der Waals surface area contributed by atoms with E-state index in [2.05, 4.69) is 14.9 Å². The number of carbonyl (C=O) groups is 2. The number of carbonyl (C=O) groups excluding carboxylic acids is 1. The predicted molar refractivity (Wildman–Crippen MR) is 57.6 cm³/mol. The normalized spacial score (nSPS) is 10.9. The summed E-state index contributed by atoms with van der Waals surface area (Å²) in [6.07, 6.45) is 0. The molecule has 17 heavy (non-hydrogen) atoms. The van der Waals surface area contributed by atoms with Gasteiger partial charge in [-0.2, -0.15) is 0 Å². The third kappa shape index (κ3) is 9.53. The minimum absolute atomic E-state index is 0.113. The number of rotatable bonds is 8. The van der Waals surface area contributed by atoms with Crippen LogP contribution in [0.15, 0.2) is 0 Å². The van der Waals surface area contributed by atoms with Crippen LogP contribution in [0.3, 0.4) is 0 Å². The summed E-state index contributed by atoms with van der Waals surface area (Å²) in [5, 5.41) is 10.4. The van der Waals surface area contributed by atoms with Gasteiger partial charge in [-0.25, -0.2) is 28.2 Å². The Morgan fingerprint density at radius 1 is 1.35 bits per heavy atom. The molecule has 0 aliphatic carbocycles. The van der Waals surface area contributed by atoms with Crippen LogP contribution in [-0.2, 0) is 19.7 Å². The summed E-state index contributed by atoms with van der Waals surface area (Å²) in [7, 11) is -3.39. The lowest BCUT2D eigenvalue weighted by Gasteiger charge is -2.07. The SMILES string of the molecule is CCNS(=O)(=O)CCNC(=O)NOCC(=O)O. The van der Waals surface area contributed by atoms with Crippen molar-refractivity contribution in [2.75, 3.05) is 25.4 Å². The molecule has 100 valence electrons. The van der Waals surface area contributed by atoms with E-state index in [0.717, 1.165) is 0 Å². The standard InChI is InChI=1S/C7H15N3O6S/c1-2-9-17(14,15)4-3-8-7(13)10-16-5-6(11)12/h9H,2-5H2,1H3,(H,11,12)(H2,8,10,13). The molecule has 0 aromatic rings. The van der Waals surface area contributed by atoms with Gasteiger partial charge in [-0.3, -0.25) is 4.84 Å². The van der Waals surface area contributed by atoms with Crippen molar-refractivity contribution in [2.45, 2.75) is 6.92 Å². The highest BCUT2D eigenvalue weighted by Gasteiger charge is 2.09. The number of aliphatic carboxylic acids is 1. The lowest BCUT2D eigenvalue weighted by molar-refractivity contribution is -0.144. The molecule has 0 heterocycles. The Bertz CT molecular complexity index is 355. The Morgan fingerprint density at radius 2 is 2.00 bits per heavy atom. The first-order valence-electron chi connectivity index (χ1n) is 4.72. The molecule has 0 aromatic carbocycles. The first-order valence-corrected chi connectivity index (χ1v) is 6.37. The van der Waals surface area contributed by atoms with Gasteiger partial charge in [0, 0.05) is 13.1 Å². The number of amides is 2. The molecule has 0 bridgehead atoms. The van der Waals surface area contributed by atoms with Crippen LogP contribution in [0.5, 0.6) is 0 Å². The number of sulfonamides is 1. The number of hydrogen-bond acceptors (Lipinski definition) is 5. The summed E-state index contributed by atoms with van der Waals surface area (Å²) in [6, 6.07) is -0.807. The fraction of sp³-hybridized carbons (Fsp3) is 0.714. The number of hydroxylamine groups is 1. The smallest absolute Gasteiger partial charge is 0.338 e. The van der Waals surface area contributed by atoms with Crippen LogP contribution in [-0.4, -0.2) is 51.0 Å². The van der Waals surface area contributed by atoms with Crippen LogP contribution >= 0.6 is 0 Å². The van der Waals surface area contributed by atoms with E-state index in [1.807, 2.05) is 0 Å². The topological polar surface area (TPSA) is 134 Å². The Hall–Kier alpha value is -1.39. The molecule has 0 saturated carbocycles. The Morgan fingerprint density at radius 3 is 2.53 bits per heavy atom. The van der Waals surface area contributed by atoms with E-state index in [1.54, 1.807) is 12.4 Å². The van der Waals surface area contributed by atoms with E-state index >= 15 is 0 Å². The third-order valence-corrected chi connectivity index (χ3v) is 2.85. The van der Waals surface area contributed by atoms with Gasteiger partial charge >= 0.3 is 12.0 Å². The molecule has 4 N–H and O–H groups in total. The molecule has 0 aliphatic rings. The Labute approximate surface area is 98.5 Å². The van der Waals surface area contributed by atoms with Crippen LogP contribution in [0.2, 0.25) is 0 Å². The molecular weight excluding hydrogens is 254 g/mol. The summed E-state index contributed by atoms with van der Waals surface area (Å²) in [5.41, 5.74) is 1.79. The van der Waals surface area contributed by atoms with Gasteiger partial charge in [0.15, 0.2) is 6.61 Å². The average molecular weight is 269 g/mol. The molecule has 0 spiro atoms. The van der Waals surface area contributed by atoms with Crippen LogP contribution in [0.1, 0.15) is 6.92 Å². The zero-order valence-corrected chi connectivity index (χ0v) is 10.0. The summed E-state index contributed by atoms with van der Waals surface area (Å²) < 4.78 is 24.5. The van der Waals surface area contributed by atoms with E-state index in [4.69, 9.17) is 5.11 Å². The second-order valence-electron chi connectivity index (χ2n) is 2.86. The van der Waals surface area contributed by atoms with Crippen molar-refractivity contribution in [1.29, 1.82) is 0 Å². The van der Waals surface area contributed by atoms with Crippen molar-refractivity contribution in [3.63, 3.8) is 0 Å². The number of hydrogen-bond donors (Lipinski definition) is 4. The quantitative estimate of drug-likeness (QED) is 0.386. The van der Waals surface area contributed by atoms with Crippen molar-refractivity contribution < 1.29 is 28.0 Å². The van der Waals surface area contributed by atoms with E-state index < -0.39 is 28.6 Å². The third-order valence-electron chi connectivity index (χ3n) is 1.38. The number of nitrogens with one attached hydrogen (secondary N) is 3. The summed E-state index contributed by atoms with van der Waals surface area (Å²) in [6.45, 7) is 1.12. The predicted octanol–water partition coefficient (Wildman–Crippen LogP) is -1.76. The van der Waals surface area contributed by atoms with E-state index in [-0.39, 0.29) is 18.8 Å². The zero-order chi connectivity index (χ0) is 13.3. The second-order valence-corrected chi connectivity index (χ2v) is 4.78. The maximum Gasteiger partial charge on any atom is 0.338 e. The van der Waals surface area contributed by atoms with Crippen molar-refractivity contribution in [2.24, 2.45) is 0 Å². The monoisotopic (exact) mass is 269 g/mol. The molecule has 9 nitrogen and oxygen atoms in total. The molecule has 2 amide bonds. The number of carboxylic acids is 1. The highest BCUT2D eigenvalue weighted by atomic mass is 32.2. The summed E-state index contributed by atoms with van der Waals surface area (Å²) in [4.78, 5) is 25.2. The molecule has 0 radical (unpaired) electrons. The van der Waals surface area contributed by atoms with Gasteiger partial charge in [0.1, 0.15) is 0 Å². The maximum atomic E-state index is 11.1. The van der Waals surface area contributed by atoms with Crippen LogP contribution in [0, 0.1) is 0 Å². The van der Waals surface area contributed by atoms with Gasteiger partial charge < -0.3 is 10.4 Å². The summed E-state index contributed by atoms with van der Waals surface area (Å²) >= 11 is 0. The fourth-order valence-corrected chi connectivity index (χ4v) is 1.75. The number of urea groups is 1. The fourth-order valence-electron chi connectivity index (χ4n) is 0.790. The van der Waals surface area contributed by atoms with Crippen LogP contribution in [0.25, 0.3) is 0 Å². The molecular formula is C7H15N3O6S. The van der Waals surface area contributed by atoms with Gasteiger partial charge in [-0.1, -0.05) is 6.92 Å². The molecule has 0 aromatic heterocycles. The maximum absolute atomic E-state index is 11.1. The van der Waals surface area contributed by atoms with Gasteiger partial charge in [-0.15, -0.1) is 0 Å². The van der Waals surface area contributed by atoms with Crippen molar-refractivity contribution >= 4 is 22.0 Å². The van der Waals surface area contributed by atoms with Gasteiger partial charge in [-0.05, 0) is 0 Å². The zero-order valence-electron chi connectivity index (χ0n) is 9.23.